The van der Waals surface area contributed by atoms with Gasteiger partial charge in [-0.3, -0.25) is 4.90 Å². The van der Waals surface area contributed by atoms with Crippen molar-refractivity contribution in [1.29, 1.82) is 0 Å². The molecule has 1 saturated heterocycles. The van der Waals surface area contributed by atoms with Gasteiger partial charge in [-0.15, -0.1) is 0 Å². The first kappa shape index (κ1) is 24.2. The maximum atomic E-state index is 13.5. The number of ether oxygens (including phenoxy) is 2. The smallest absolute Gasteiger partial charge is 0.191 e. The fourth-order valence-electron chi connectivity index (χ4n) is 3.80. The standard InChI is InChI=1S/C25H35FN4O2/c1-3-27-25(28-17-21-7-5-6-8-22(21)19-31-4-2)29-18-24(30-13-15-32-16-14-30)20-9-11-23(26)12-10-20/h5-12,24H,3-4,13-19H2,1-2H3,(H2,27,28,29). The molecule has 2 aromatic rings. The first-order valence-corrected chi connectivity index (χ1v) is 11.4. The van der Waals surface area contributed by atoms with Gasteiger partial charge in [-0.25, -0.2) is 9.38 Å². The molecule has 1 atom stereocenters. The van der Waals surface area contributed by atoms with Crippen LogP contribution >= 0.6 is 0 Å². The van der Waals surface area contributed by atoms with Crippen molar-refractivity contribution >= 4 is 5.96 Å². The number of rotatable bonds is 10. The summed E-state index contributed by atoms with van der Waals surface area (Å²) in [5.74, 6) is 0.544. The molecule has 0 radical (unpaired) electrons. The number of hydrogen-bond donors (Lipinski definition) is 2. The van der Waals surface area contributed by atoms with Gasteiger partial charge in [-0.1, -0.05) is 36.4 Å². The molecule has 3 rings (SSSR count). The Morgan fingerprint density at radius 2 is 1.78 bits per heavy atom. The number of aliphatic imine (C=N–C) groups is 1. The predicted molar refractivity (Wildman–Crippen MR) is 126 cm³/mol. The van der Waals surface area contributed by atoms with E-state index in [0.717, 1.165) is 42.3 Å². The van der Waals surface area contributed by atoms with E-state index in [9.17, 15) is 4.39 Å². The second kappa shape index (κ2) is 13.2. The van der Waals surface area contributed by atoms with Gasteiger partial charge in [-0.05, 0) is 42.7 Å². The predicted octanol–water partition coefficient (Wildman–Crippen LogP) is 3.49. The van der Waals surface area contributed by atoms with E-state index in [-0.39, 0.29) is 11.9 Å². The van der Waals surface area contributed by atoms with Gasteiger partial charge in [-0.2, -0.15) is 0 Å². The summed E-state index contributed by atoms with van der Waals surface area (Å²) in [4.78, 5) is 7.19. The Bertz CT molecular complexity index is 838. The lowest BCUT2D eigenvalue weighted by atomic mass is 10.0. The molecule has 7 heteroatoms. The van der Waals surface area contributed by atoms with Crippen molar-refractivity contribution in [2.45, 2.75) is 33.0 Å². The molecular weight excluding hydrogens is 407 g/mol. The SMILES string of the molecule is CCNC(=NCc1ccccc1COCC)NCC(c1ccc(F)cc1)N1CCOCC1. The molecule has 0 aromatic heterocycles. The van der Waals surface area contributed by atoms with Gasteiger partial charge < -0.3 is 20.1 Å². The molecule has 2 aromatic carbocycles. The van der Waals surface area contributed by atoms with E-state index in [1.807, 2.05) is 31.2 Å². The summed E-state index contributed by atoms with van der Waals surface area (Å²) < 4.78 is 24.6. The van der Waals surface area contributed by atoms with Gasteiger partial charge >= 0.3 is 0 Å². The first-order chi connectivity index (χ1) is 15.7. The second-order valence-corrected chi connectivity index (χ2v) is 7.70. The highest BCUT2D eigenvalue weighted by atomic mass is 19.1. The van der Waals surface area contributed by atoms with Crippen molar-refractivity contribution in [1.82, 2.24) is 15.5 Å². The Morgan fingerprint density at radius 1 is 1.06 bits per heavy atom. The van der Waals surface area contributed by atoms with E-state index in [0.29, 0.717) is 39.5 Å². The fraction of sp³-hybridized carbons (Fsp3) is 0.480. The Morgan fingerprint density at radius 3 is 2.47 bits per heavy atom. The second-order valence-electron chi connectivity index (χ2n) is 7.70. The number of benzene rings is 2. The monoisotopic (exact) mass is 442 g/mol. The lowest BCUT2D eigenvalue weighted by molar-refractivity contribution is 0.0170. The zero-order valence-electron chi connectivity index (χ0n) is 19.1. The van der Waals surface area contributed by atoms with Gasteiger partial charge in [0.15, 0.2) is 5.96 Å². The van der Waals surface area contributed by atoms with Crippen LogP contribution in [0, 0.1) is 5.82 Å². The van der Waals surface area contributed by atoms with E-state index >= 15 is 0 Å². The number of halogens is 1. The zero-order chi connectivity index (χ0) is 22.6. The number of nitrogens with zero attached hydrogens (tertiary/aromatic N) is 2. The summed E-state index contributed by atoms with van der Waals surface area (Å²) in [5.41, 5.74) is 3.39. The van der Waals surface area contributed by atoms with Crippen LogP contribution in [0.3, 0.4) is 0 Å². The normalized spacial score (nSPS) is 16.0. The van der Waals surface area contributed by atoms with Crippen molar-refractivity contribution in [2.24, 2.45) is 4.99 Å². The molecule has 1 heterocycles. The average Bonchev–Trinajstić information content (AvgIpc) is 2.83. The highest BCUT2D eigenvalue weighted by Crippen LogP contribution is 2.21. The van der Waals surface area contributed by atoms with Gasteiger partial charge in [0.25, 0.3) is 0 Å². The van der Waals surface area contributed by atoms with Crippen molar-refractivity contribution in [2.75, 3.05) is 46.0 Å². The Hall–Kier alpha value is -2.48. The largest absolute Gasteiger partial charge is 0.379 e. The van der Waals surface area contributed by atoms with E-state index < -0.39 is 0 Å². The fourth-order valence-corrected chi connectivity index (χ4v) is 3.80. The van der Waals surface area contributed by atoms with Crippen LogP contribution in [0.15, 0.2) is 53.5 Å². The summed E-state index contributed by atoms with van der Waals surface area (Å²) >= 11 is 0. The van der Waals surface area contributed by atoms with Crippen LogP contribution in [0.25, 0.3) is 0 Å². The number of hydrogen-bond acceptors (Lipinski definition) is 4. The van der Waals surface area contributed by atoms with Crippen LogP contribution in [0.5, 0.6) is 0 Å². The highest BCUT2D eigenvalue weighted by Gasteiger charge is 2.23. The molecule has 1 aliphatic heterocycles. The van der Waals surface area contributed by atoms with E-state index in [2.05, 4.69) is 34.6 Å². The summed E-state index contributed by atoms with van der Waals surface area (Å²) in [6.07, 6.45) is 0. The molecule has 1 unspecified atom stereocenters. The lowest BCUT2D eigenvalue weighted by Gasteiger charge is -2.35. The van der Waals surface area contributed by atoms with E-state index in [1.54, 1.807) is 0 Å². The third-order valence-corrected chi connectivity index (χ3v) is 5.54. The van der Waals surface area contributed by atoms with E-state index in [1.165, 1.54) is 12.1 Å². The van der Waals surface area contributed by atoms with Crippen molar-refractivity contribution in [3.8, 4) is 0 Å². The number of guanidine groups is 1. The third-order valence-electron chi connectivity index (χ3n) is 5.54. The summed E-state index contributed by atoms with van der Waals surface area (Å²) in [6, 6.07) is 15.1. The third kappa shape index (κ3) is 7.29. The van der Waals surface area contributed by atoms with Crippen LogP contribution in [0.4, 0.5) is 4.39 Å². The minimum absolute atomic E-state index is 0.105. The summed E-state index contributed by atoms with van der Waals surface area (Å²) in [7, 11) is 0. The molecule has 0 saturated carbocycles. The molecule has 1 fully saturated rings. The van der Waals surface area contributed by atoms with Crippen molar-refractivity contribution < 1.29 is 13.9 Å². The molecule has 0 spiro atoms. The molecule has 0 bridgehead atoms. The lowest BCUT2D eigenvalue weighted by Crippen LogP contribution is -2.46. The number of nitrogens with one attached hydrogen (secondary N) is 2. The molecule has 6 nitrogen and oxygen atoms in total. The first-order valence-electron chi connectivity index (χ1n) is 11.4. The quantitative estimate of drug-likeness (QED) is 0.436. The van der Waals surface area contributed by atoms with Crippen LogP contribution in [0.2, 0.25) is 0 Å². The highest BCUT2D eigenvalue weighted by molar-refractivity contribution is 5.79. The van der Waals surface area contributed by atoms with Gasteiger partial charge in [0.2, 0.25) is 0 Å². The van der Waals surface area contributed by atoms with E-state index in [4.69, 9.17) is 14.5 Å². The minimum Gasteiger partial charge on any atom is -0.379 e. The molecule has 32 heavy (non-hydrogen) atoms. The Kier molecular flexibility index (Phi) is 9.94. The van der Waals surface area contributed by atoms with Crippen LogP contribution in [0.1, 0.15) is 36.6 Å². The van der Waals surface area contributed by atoms with Gasteiger partial charge in [0.1, 0.15) is 5.82 Å². The van der Waals surface area contributed by atoms with Crippen molar-refractivity contribution in [3.63, 3.8) is 0 Å². The van der Waals surface area contributed by atoms with Crippen LogP contribution < -0.4 is 10.6 Å². The zero-order valence-corrected chi connectivity index (χ0v) is 19.1. The molecule has 2 N–H and O–H groups in total. The van der Waals surface area contributed by atoms with Gasteiger partial charge in [0.05, 0.1) is 32.4 Å². The molecular formula is C25H35FN4O2. The van der Waals surface area contributed by atoms with Crippen LogP contribution in [-0.2, 0) is 22.6 Å². The number of morpholine rings is 1. The molecule has 174 valence electrons. The summed E-state index contributed by atoms with van der Waals surface area (Å²) in [5, 5.41) is 6.83. The Balaban J connectivity index is 1.71. The maximum absolute atomic E-state index is 13.5. The topological polar surface area (TPSA) is 58.1 Å². The average molecular weight is 443 g/mol. The maximum Gasteiger partial charge on any atom is 0.191 e. The minimum atomic E-state index is -0.219. The molecule has 1 aliphatic rings. The molecule has 0 aliphatic carbocycles. The summed E-state index contributed by atoms with van der Waals surface area (Å²) in [6.45, 7) is 10.5. The van der Waals surface area contributed by atoms with Crippen molar-refractivity contribution in [3.05, 3.63) is 71.0 Å². The molecule has 0 amide bonds. The van der Waals surface area contributed by atoms with Crippen LogP contribution in [-0.4, -0.2) is 56.9 Å². The Labute approximate surface area is 190 Å². The van der Waals surface area contributed by atoms with Gasteiger partial charge in [0, 0.05) is 32.8 Å².